The van der Waals surface area contributed by atoms with Crippen LogP contribution in [-0.4, -0.2) is 6.61 Å². The molecule has 11 heavy (non-hydrogen) atoms. The zero-order valence-corrected chi connectivity index (χ0v) is 6.51. The predicted octanol–water partition coefficient (Wildman–Crippen LogP) is 2.36. The highest BCUT2D eigenvalue weighted by Gasteiger charge is 1.97. The molecule has 0 radical (unpaired) electrons. The number of hydrogen-bond donors (Lipinski definition) is 0. The van der Waals surface area contributed by atoms with Gasteiger partial charge >= 0.3 is 0 Å². The minimum absolute atomic E-state index is 0.194. The normalized spacial score (nSPS) is 10.0. The van der Waals surface area contributed by atoms with E-state index in [0.29, 0.717) is 18.8 Å². The van der Waals surface area contributed by atoms with Gasteiger partial charge in [0.2, 0.25) is 0 Å². The molecule has 1 aromatic carbocycles. The topological polar surface area (TPSA) is 9.23 Å². The quantitative estimate of drug-likeness (QED) is 0.649. The molecule has 0 aromatic heterocycles. The third kappa shape index (κ3) is 2.31. The average Bonchev–Trinajstić information content (AvgIpc) is 2.03. The molecule has 60 valence electrons. The smallest absolute Gasteiger partial charge is 0.128 e. The lowest BCUT2D eigenvalue weighted by atomic mass is 10.2. The maximum atomic E-state index is 12.8. The first kappa shape index (κ1) is 8.21. The van der Waals surface area contributed by atoms with Crippen molar-refractivity contribution in [2.24, 2.45) is 0 Å². The Morgan fingerprint density at radius 2 is 2.09 bits per heavy atom. The second kappa shape index (κ2) is 4.09. The van der Waals surface area contributed by atoms with Crippen LogP contribution in [0.4, 0.5) is 4.39 Å². The lowest BCUT2D eigenvalue weighted by Crippen LogP contribution is -1.94. The molecule has 0 bridgehead atoms. The van der Waals surface area contributed by atoms with E-state index >= 15 is 0 Å². The maximum absolute atomic E-state index is 12.8. The number of rotatable bonds is 3. The lowest BCUT2D eigenvalue weighted by Gasteiger charge is -2.01. The lowest BCUT2D eigenvalue weighted by molar-refractivity contribution is 0.131. The van der Waals surface area contributed by atoms with E-state index in [1.807, 2.05) is 6.92 Å². The van der Waals surface area contributed by atoms with Crippen LogP contribution < -0.4 is 0 Å². The third-order valence-corrected chi connectivity index (χ3v) is 1.42. The van der Waals surface area contributed by atoms with Crippen molar-refractivity contribution in [3.63, 3.8) is 0 Å². The first-order valence-electron chi connectivity index (χ1n) is 3.65. The monoisotopic (exact) mass is 154 g/mol. The summed E-state index contributed by atoms with van der Waals surface area (Å²) < 4.78 is 17.9. The highest BCUT2D eigenvalue weighted by molar-refractivity contribution is 5.16. The highest BCUT2D eigenvalue weighted by Crippen LogP contribution is 2.06. The van der Waals surface area contributed by atoms with E-state index in [-0.39, 0.29) is 5.82 Å². The van der Waals surface area contributed by atoms with Crippen LogP contribution in [0.15, 0.2) is 24.3 Å². The van der Waals surface area contributed by atoms with Gasteiger partial charge in [0.05, 0.1) is 6.61 Å². The van der Waals surface area contributed by atoms with Gasteiger partial charge < -0.3 is 4.74 Å². The Morgan fingerprint density at radius 3 is 2.73 bits per heavy atom. The molecule has 1 rings (SSSR count). The average molecular weight is 154 g/mol. The van der Waals surface area contributed by atoms with E-state index in [2.05, 4.69) is 0 Å². The number of halogens is 1. The van der Waals surface area contributed by atoms with Crippen LogP contribution in [0.5, 0.6) is 0 Å². The first-order chi connectivity index (χ1) is 5.34. The van der Waals surface area contributed by atoms with Gasteiger partial charge in [0.1, 0.15) is 5.82 Å². The second-order valence-corrected chi connectivity index (χ2v) is 2.23. The first-order valence-corrected chi connectivity index (χ1v) is 3.65. The minimum atomic E-state index is -0.194. The standard InChI is InChI=1S/C9H11FO/c1-2-11-7-8-5-3-4-6-9(8)10/h3-6H,2,7H2,1H3. The Balaban J connectivity index is 2.62. The van der Waals surface area contributed by atoms with Crippen molar-refractivity contribution < 1.29 is 9.13 Å². The molecule has 2 heteroatoms. The van der Waals surface area contributed by atoms with Crippen LogP contribution in [0.25, 0.3) is 0 Å². The van der Waals surface area contributed by atoms with Gasteiger partial charge in [-0.1, -0.05) is 18.2 Å². The SMILES string of the molecule is CCOCc1ccccc1F. The molecule has 0 unspecified atom stereocenters. The molecule has 0 heterocycles. The summed E-state index contributed by atoms with van der Waals surface area (Å²) in [5.41, 5.74) is 0.620. The summed E-state index contributed by atoms with van der Waals surface area (Å²) >= 11 is 0. The zero-order valence-electron chi connectivity index (χ0n) is 6.51. The van der Waals surface area contributed by atoms with Crippen LogP contribution in [-0.2, 0) is 11.3 Å². The molecule has 0 fully saturated rings. The highest BCUT2D eigenvalue weighted by atomic mass is 19.1. The molecule has 0 amide bonds. The minimum Gasteiger partial charge on any atom is -0.377 e. The molecular formula is C9H11FO. The van der Waals surface area contributed by atoms with Gasteiger partial charge in [-0.2, -0.15) is 0 Å². The second-order valence-electron chi connectivity index (χ2n) is 2.23. The molecule has 0 N–H and O–H groups in total. The Bertz CT molecular complexity index is 223. The molecule has 0 atom stereocenters. The molecular weight excluding hydrogens is 143 g/mol. The summed E-state index contributed by atoms with van der Waals surface area (Å²) in [5, 5.41) is 0. The fourth-order valence-electron chi connectivity index (χ4n) is 0.827. The van der Waals surface area contributed by atoms with Crippen LogP contribution in [0.3, 0.4) is 0 Å². The summed E-state index contributed by atoms with van der Waals surface area (Å²) in [6.45, 7) is 2.87. The summed E-state index contributed by atoms with van der Waals surface area (Å²) in [6, 6.07) is 6.64. The number of hydrogen-bond acceptors (Lipinski definition) is 1. The predicted molar refractivity (Wildman–Crippen MR) is 41.7 cm³/mol. The Labute approximate surface area is 65.8 Å². The number of ether oxygens (including phenoxy) is 1. The van der Waals surface area contributed by atoms with Crippen molar-refractivity contribution in [3.8, 4) is 0 Å². The molecule has 0 saturated carbocycles. The summed E-state index contributed by atoms with van der Waals surface area (Å²) in [4.78, 5) is 0. The third-order valence-electron chi connectivity index (χ3n) is 1.42. The van der Waals surface area contributed by atoms with Crippen molar-refractivity contribution in [2.75, 3.05) is 6.61 Å². The van der Waals surface area contributed by atoms with Crippen molar-refractivity contribution in [3.05, 3.63) is 35.6 Å². The zero-order chi connectivity index (χ0) is 8.10. The van der Waals surface area contributed by atoms with Gasteiger partial charge in [-0.25, -0.2) is 4.39 Å². The van der Waals surface area contributed by atoms with E-state index in [0.717, 1.165) is 0 Å². The van der Waals surface area contributed by atoms with E-state index in [4.69, 9.17) is 4.74 Å². The van der Waals surface area contributed by atoms with E-state index < -0.39 is 0 Å². The van der Waals surface area contributed by atoms with Gasteiger partial charge in [0.25, 0.3) is 0 Å². The van der Waals surface area contributed by atoms with Crippen molar-refractivity contribution in [2.45, 2.75) is 13.5 Å². The van der Waals surface area contributed by atoms with Crippen LogP contribution in [0.1, 0.15) is 12.5 Å². The molecule has 1 aromatic rings. The van der Waals surface area contributed by atoms with Gasteiger partial charge in [0, 0.05) is 12.2 Å². The molecule has 0 spiro atoms. The van der Waals surface area contributed by atoms with Crippen molar-refractivity contribution in [1.82, 2.24) is 0 Å². The van der Waals surface area contributed by atoms with E-state index in [9.17, 15) is 4.39 Å². The Hall–Kier alpha value is -0.890. The van der Waals surface area contributed by atoms with Crippen LogP contribution in [0, 0.1) is 5.82 Å². The Morgan fingerprint density at radius 1 is 1.36 bits per heavy atom. The summed E-state index contributed by atoms with van der Waals surface area (Å²) in [5.74, 6) is -0.194. The van der Waals surface area contributed by atoms with Gasteiger partial charge in [-0.15, -0.1) is 0 Å². The summed E-state index contributed by atoms with van der Waals surface area (Å²) in [6.07, 6.45) is 0. The van der Waals surface area contributed by atoms with Gasteiger partial charge in [-0.3, -0.25) is 0 Å². The molecule has 0 saturated heterocycles. The summed E-state index contributed by atoms with van der Waals surface area (Å²) in [7, 11) is 0. The van der Waals surface area contributed by atoms with Crippen LogP contribution in [0.2, 0.25) is 0 Å². The fourth-order valence-corrected chi connectivity index (χ4v) is 0.827. The molecule has 1 nitrogen and oxygen atoms in total. The van der Waals surface area contributed by atoms with E-state index in [1.165, 1.54) is 6.07 Å². The van der Waals surface area contributed by atoms with Gasteiger partial charge in [-0.05, 0) is 13.0 Å². The Kier molecular flexibility index (Phi) is 3.05. The van der Waals surface area contributed by atoms with Crippen molar-refractivity contribution >= 4 is 0 Å². The number of benzene rings is 1. The van der Waals surface area contributed by atoms with Gasteiger partial charge in [0.15, 0.2) is 0 Å². The fraction of sp³-hybridized carbons (Fsp3) is 0.333. The molecule has 0 aliphatic heterocycles. The largest absolute Gasteiger partial charge is 0.377 e. The maximum Gasteiger partial charge on any atom is 0.128 e. The van der Waals surface area contributed by atoms with E-state index in [1.54, 1.807) is 18.2 Å². The molecule has 0 aliphatic carbocycles. The van der Waals surface area contributed by atoms with Crippen LogP contribution >= 0.6 is 0 Å². The van der Waals surface area contributed by atoms with Crippen molar-refractivity contribution in [1.29, 1.82) is 0 Å². The molecule has 0 aliphatic rings.